The van der Waals surface area contributed by atoms with Gasteiger partial charge in [0.1, 0.15) is 34.9 Å². The van der Waals surface area contributed by atoms with Crippen molar-refractivity contribution < 1.29 is 32.7 Å². The van der Waals surface area contributed by atoms with Gasteiger partial charge in [0.2, 0.25) is 10.0 Å². The molecule has 42 heavy (non-hydrogen) atoms. The molecule has 1 aromatic carbocycles. The smallest absolute Gasteiger partial charge is 0.352 e. The summed E-state index contributed by atoms with van der Waals surface area (Å²) in [5, 5.41) is 31.3. The zero-order valence-corrected chi connectivity index (χ0v) is 25.4. The van der Waals surface area contributed by atoms with Crippen molar-refractivity contribution in [2.45, 2.75) is 20.7 Å². The number of primary sulfonamides is 1. The molecule has 3 aromatic rings. The second-order valence-electron chi connectivity index (χ2n) is 8.54. The molecule has 5 rings (SSSR count). The van der Waals surface area contributed by atoms with Crippen LogP contribution in [0, 0.1) is 0 Å². The summed E-state index contributed by atoms with van der Waals surface area (Å²) >= 11 is 4.94. The predicted octanol–water partition coefficient (Wildman–Crippen LogP) is 0.773. The van der Waals surface area contributed by atoms with Gasteiger partial charge < -0.3 is 21.0 Å². The average molecular weight is 669 g/mol. The van der Waals surface area contributed by atoms with Crippen LogP contribution in [0.3, 0.4) is 0 Å². The lowest BCUT2D eigenvalue weighted by Gasteiger charge is -2.49. The summed E-state index contributed by atoms with van der Waals surface area (Å²) in [4.78, 5) is 48.1. The molecule has 4 heterocycles. The number of hydrogen-bond acceptors (Lipinski definition) is 15. The van der Waals surface area contributed by atoms with Crippen LogP contribution < -0.4 is 16.2 Å². The van der Waals surface area contributed by atoms with E-state index in [1.54, 1.807) is 12.1 Å². The van der Waals surface area contributed by atoms with E-state index in [1.165, 1.54) is 64.4 Å². The number of carboxylic acids is 1. The molecule has 1 saturated heterocycles. The molecule has 1 unspecified atom stereocenters. The first-order valence-electron chi connectivity index (χ1n) is 11.6. The van der Waals surface area contributed by atoms with E-state index in [4.69, 9.17) is 15.7 Å². The number of nitrogens with zero attached hydrogens (tertiary/aromatic N) is 5. The van der Waals surface area contributed by atoms with Crippen LogP contribution in [0.5, 0.6) is 0 Å². The number of nitrogens with one attached hydrogen (secondary N) is 1. The number of carbonyl (C=O) groups excluding carboxylic acids is 2. The summed E-state index contributed by atoms with van der Waals surface area (Å²) < 4.78 is 23.5. The van der Waals surface area contributed by atoms with Crippen LogP contribution in [0.4, 0.5) is 5.13 Å². The van der Waals surface area contributed by atoms with Crippen LogP contribution in [0.2, 0.25) is 0 Å². The van der Waals surface area contributed by atoms with E-state index < -0.39 is 39.2 Å². The number of sulfonamides is 1. The molecule has 2 aliphatic heterocycles. The highest BCUT2D eigenvalue weighted by molar-refractivity contribution is 8.02. The Kier molecular flexibility index (Phi) is 8.53. The average Bonchev–Trinajstić information content (AvgIpc) is 3.61. The number of fused-ring (bicyclic) bond motifs is 1. The number of β-lactam (4-membered cyclic amide) rings is 1. The van der Waals surface area contributed by atoms with Crippen molar-refractivity contribution >= 4 is 84.8 Å². The van der Waals surface area contributed by atoms with Crippen molar-refractivity contribution in [1.29, 1.82) is 0 Å². The molecular weight excluding hydrogens is 649 g/mol. The highest BCUT2D eigenvalue weighted by Crippen LogP contribution is 2.42. The van der Waals surface area contributed by atoms with Gasteiger partial charge in [-0.15, -0.1) is 33.3 Å². The molecule has 2 aliphatic rings. The van der Waals surface area contributed by atoms with Crippen LogP contribution in [0.1, 0.15) is 5.69 Å². The van der Waals surface area contributed by atoms with Crippen LogP contribution in [0.25, 0.3) is 10.6 Å². The summed E-state index contributed by atoms with van der Waals surface area (Å²) in [6.45, 7) is 0. The van der Waals surface area contributed by atoms with E-state index in [2.05, 4.69) is 25.7 Å². The zero-order valence-electron chi connectivity index (χ0n) is 21.3. The number of carboxylic acid groups (broad SMARTS) is 1. The van der Waals surface area contributed by atoms with E-state index in [1.807, 2.05) is 0 Å². The number of hydrogen-bond donors (Lipinski definition) is 4. The third kappa shape index (κ3) is 5.99. The number of aliphatic carboxylic acids is 1. The molecule has 20 heteroatoms. The van der Waals surface area contributed by atoms with Crippen LogP contribution >= 0.6 is 46.2 Å². The van der Waals surface area contributed by atoms with Gasteiger partial charge in [-0.2, -0.15) is 0 Å². The summed E-state index contributed by atoms with van der Waals surface area (Å²) in [6, 6.07) is 4.91. The summed E-state index contributed by atoms with van der Waals surface area (Å²) in [7, 11) is -2.56. The minimum atomic E-state index is -3.82. The van der Waals surface area contributed by atoms with Crippen LogP contribution in [-0.2, 0) is 29.2 Å². The first-order valence-corrected chi connectivity index (χ1v) is 16.9. The van der Waals surface area contributed by atoms with Gasteiger partial charge in [-0.1, -0.05) is 40.4 Å². The molecule has 2 amide bonds. The maximum Gasteiger partial charge on any atom is 0.352 e. The molecule has 15 nitrogen and oxygen atoms in total. The predicted molar refractivity (Wildman–Crippen MR) is 157 cm³/mol. The van der Waals surface area contributed by atoms with E-state index in [0.29, 0.717) is 26.2 Å². The number of nitrogen functional groups attached to an aromatic ring is 1. The van der Waals surface area contributed by atoms with Crippen LogP contribution in [-0.4, -0.2) is 87.1 Å². The highest BCUT2D eigenvalue weighted by atomic mass is 32.2. The van der Waals surface area contributed by atoms with Crippen molar-refractivity contribution in [3.8, 4) is 10.6 Å². The standard InChI is InChI=1S/C22H20N8O7S5/c1-37-29-13(12-8-39-21(23)25-12)16(31)26-14-18(32)30-15(20(33)34)10(6-38-19(14)30)7-40-22-28-27-17(41-22)9-2-4-11(5-3-9)42(24,35)36/h2-5,8,14,19H,6-7H2,1H3,(H2,23,25)(H,26,31)(H,33,34)(H2,24,35,36)/t14?,19-/m0/s1. The number of carbonyl (C=O) groups is 3. The number of benzene rings is 1. The fraction of sp³-hybridized carbons (Fsp3) is 0.227. The second-order valence-corrected chi connectivity index (χ2v) is 14.3. The molecule has 6 N–H and O–H groups in total. The van der Waals surface area contributed by atoms with E-state index in [-0.39, 0.29) is 32.9 Å². The molecule has 2 atom stereocenters. The molecule has 0 bridgehead atoms. The molecular formula is C22H20N8O7S5. The van der Waals surface area contributed by atoms with Gasteiger partial charge >= 0.3 is 5.97 Å². The number of nitrogens with two attached hydrogens (primary N) is 2. The van der Waals surface area contributed by atoms with Gasteiger partial charge in [-0.05, 0) is 17.7 Å². The molecule has 0 aliphatic carbocycles. The van der Waals surface area contributed by atoms with Gasteiger partial charge in [-0.25, -0.2) is 23.3 Å². The number of rotatable bonds is 10. The Balaban J connectivity index is 1.27. The minimum Gasteiger partial charge on any atom is -0.477 e. The monoisotopic (exact) mass is 668 g/mol. The molecule has 0 radical (unpaired) electrons. The highest BCUT2D eigenvalue weighted by Gasteiger charge is 2.54. The van der Waals surface area contributed by atoms with Crippen molar-refractivity contribution in [1.82, 2.24) is 25.4 Å². The number of thioether (sulfide) groups is 2. The molecule has 220 valence electrons. The fourth-order valence-electron chi connectivity index (χ4n) is 4.02. The van der Waals surface area contributed by atoms with Crippen molar-refractivity contribution in [2.75, 3.05) is 24.3 Å². The first-order chi connectivity index (χ1) is 20.0. The molecule has 0 spiro atoms. The van der Waals surface area contributed by atoms with Crippen molar-refractivity contribution in [3.63, 3.8) is 0 Å². The van der Waals surface area contributed by atoms with Gasteiger partial charge in [0.25, 0.3) is 11.8 Å². The Morgan fingerprint density at radius 3 is 2.64 bits per heavy atom. The quantitative estimate of drug-likeness (QED) is 0.101. The van der Waals surface area contributed by atoms with Gasteiger partial charge in [0.15, 0.2) is 15.2 Å². The Bertz CT molecular complexity index is 1730. The summed E-state index contributed by atoms with van der Waals surface area (Å²) in [6.07, 6.45) is 0. The fourth-order valence-corrected chi connectivity index (χ4v) is 8.42. The Hall–Kier alpha value is -3.56. The van der Waals surface area contributed by atoms with Gasteiger partial charge in [-0.3, -0.25) is 14.5 Å². The van der Waals surface area contributed by atoms with Gasteiger partial charge in [0, 0.05) is 22.4 Å². The lowest BCUT2D eigenvalue weighted by molar-refractivity contribution is -0.150. The lowest BCUT2D eigenvalue weighted by Crippen LogP contribution is -2.71. The first kappa shape index (κ1) is 29.9. The minimum absolute atomic E-state index is 0.0258. The molecule has 1 fully saturated rings. The lowest BCUT2D eigenvalue weighted by atomic mass is 10.0. The largest absolute Gasteiger partial charge is 0.477 e. The maximum atomic E-state index is 13.1. The van der Waals surface area contributed by atoms with Crippen LogP contribution in [0.15, 0.2) is 55.3 Å². The summed E-state index contributed by atoms with van der Waals surface area (Å²) in [5.74, 6) is -2.01. The number of amides is 2. The topological polar surface area (TPSA) is 233 Å². The van der Waals surface area contributed by atoms with Crippen molar-refractivity contribution in [2.24, 2.45) is 10.3 Å². The number of aromatic nitrogens is 3. The van der Waals surface area contributed by atoms with Crippen molar-refractivity contribution in [3.05, 3.63) is 46.6 Å². The number of anilines is 1. The number of thiazole rings is 1. The number of oxime groups is 1. The van der Waals surface area contributed by atoms with E-state index >= 15 is 0 Å². The SMILES string of the molecule is CON=C(C(=O)NC1C(=O)N2C(C(=O)O)=C(CSc3nnc(-c4ccc(S(N)(=O)=O)cc4)s3)CS[C@@H]12)c1csc(N)n1. The Labute approximate surface area is 254 Å². The zero-order chi connectivity index (χ0) is 30.2. The molecule has 2 aromatic heterocycles. The Morgan fingerprint density at radius 2 is 2.02 bits per heavy atom. The van der Waals surface area contributed by atoms with Gasteiger partial charge in [0.05, 0.1) is 4.90 Å². The third-order valence-electron chi connectivity index (χ3n) is 5.90. The second kappa shape index (κ2) is 12.0. The van der Waals surface area contributed by atoms with E-state index in [0.717, 1.165) is 11.3 Å². The third-order valence-corrected chi connectivity index (χ3v) is 11.0. The normalized spacial score (nSPS) is 18.9. The Morgan fingerprint density at radius 1 is 1.29 bits per heavy atom. The van der Waals surface area contributed by atoms with E-state index in [9.17, 15) is 27.9 Å². The summed E-state index contributed by atoms with van der Waals surface area (Å²) in [5.41, 5.74) is 6.69. The maximum absolute atomic E-state index is 13.1. The molecule has 0 saturated carbocycles.